The van der Waals surface area contributed by atoms with E-state index < -0.39 is 0 Å². The fraction of sp³-hybridized carbons (Fsp3) is 0. The first-order chi connectivity index (χ1) is 8.49. The third-order valence-electron chi connectivity index (χ3n) is 0. The van der Waals surface area contributed by atoms with Gasteiger partial charge in [-0.15, -0.1) is 0 Å². The van der Waals surface area contributed by atoms with Gasteiger partial charge in [-0.05, 0) is 0 Å². The summed E-state index contributed by atoms with van der Waals surface area (Å²) in [5.74, 6) is 0. The van der Waals surface area contributed by atoms with E-state index in [0.29, 0.717) is 0 Å². The Bertz CT molecular complexity index is 250. The Labute approximate surface area is 385 Å². The van der Waals surface area contributed by atoms with Gasteiger partial charge in [-0.25, -0.2) is 0 Å². The quantitative estimate of drug-likeness (QED) is 0.0974. The molecular weight excluding hydrogens is 874 g/mol. The number of hydrogen-bond donors (Lipinski definition) is 0. The van der Waals surface area contributed by atoms with Gasteiger partial charge in [-0.1, -0.05) is 0 Å². The summed E-state index contributed by atoms with van der Waals surface area (Å²) in [6.07, 6.45) is 0. The average Bonchev–Trinajstić information content (AvgIpc) is 2.23. The Balaban J connectivity index is -0.00000000595. The number of nitrogens with zero attached hydrogens (tertiary/aromatic N) is 18. The second-order valence-electron chi connectivity index (χ2n) is 0.537. The molecule has 0 unspecified atom stereocenters. The topological polar surface area (TPSA) is 414 Å². The molecule has 25 heteroatoms. The monoisotopic (exact) mass is 877 g/mol. The fourth-order valence-corrected chi connectivity index (χ4v) is 0. The van der Waals surface area contributed by atoms with E-state index in [0.717, 1.165) is 0 Å². The maximum atomic E-state index is 6.75. The van der Waals surface area contributed by atoms with E-state index in [2.05, 4.69) is 0 Å². The molecule has 0 spiro atoms. The fourth-order valence-electron chi connectivity index (χ4n) is 0. The third kappa shape index (κ3) is 995. The standard InChI is InChI=1S/4Cs.6N3.Ni.2H2O/c;;;;6*1-3-2;;;/h;;;;;;;;;;;2*1H2/q4*+1;6*-1;+2;;/p-1. The molecule has 20 nitrogen and oxygen atoms in total. The summed E-state index contributed by atoms with van der Waals surface area (Å²) < 4.78 is 0. The first-order valence-electron chi connectivity index (χ1n) is 2.40. The van der Waals surface area contributed by atoms with Crippen LogP contribution in [0.4, 0.5) is 0 Å². The maximum Gasteiger partial charge on any atom is 2.00 e. The Morgan fingerprint density at radius 3 is 0.320 bits per heavy atom. The van der Waals surface area contributed by atoms with Crippen LogP contribution in [0.2, 0.25) is 0 Å². The first-order valence-corrected chi connectivity index (χ1v) is 2.40. The van der Waals surface area contributed by atoms with Crippen molar-refractivity contribution < 1.29 is 303 Å². The van der Waals surface area contributed by atoms with Gasteiger partial charge in [0.1, 0.15) is 0 Å². The molecule has 120 valence electrons. The largest absolute Gasteiger partial charge is 2.00 e. The molecule has 0 rings (SSSR count). The molecule has 0 aliphatic heterocycles. The summed E-state index contributed by atoms with van der Waals surface area (Å²) in [4.78, 5) is 9.00. The van der Waals surface area contributed by atoms with E-state index >= 15 is 0 Å². The van der Waals surface area contributed by atoms with Gasteiger partial charge >= 0.3 is 292 Å². The first kappa shape index (κ1) is 88.0. The molecule has 0 aromatic rings. The summed E-state index contributed by atoms with van der Waals surface area (Å²) >= 11 is 0. The molecule has 0 aromatic heterocycles. The van der Waals surface area contributed by atoms with E-state index in [1.165, 1.54) is 29.5 Å². The van der Waals surface area contributed by atoms with E-state index in [1.54, 1.807) is 0 Å². The molecule has 0 saturated heterocycles. The predicted octanol–water partition coefficient (Wildman–Crippen LogP) is -7.79. The van der Waals surface area contributed by atoms with Crippen molar-refractivity contribution in [1.82, 2.24) is 0 Å². The molecule has 0 aromatic carbocycles. The molecule has 0 radical (unpaired) electrons. The van der Waals surface area contributed by atoms with Gasteiger partial charge in [-0.2, -0.15) is 0 Å². The van der Waals surface area contributed by atoms with Crippen molar-refractivity contribution in [3.05, 3.63) is 95.8 Å². The molecule has 0 aliphatic rings. The zero-order chi connectivity index (χ0) is 16.2. The summed E-state index contributed by atoms with van der Waals surface area (Å²) in [6.45, 7) is 0. The van der Waals surface area contributed by atoms with Gasteiger partial charge in [0.05, 0.1) is 0 Å². The van der Waals surface area contributed by atoms with Crippen LogP contribution in [-0.4, -0.2) is 11.0 Å². The molecule has 25 heavy (non-hydrogen) atoms. The Morgan fingerprint density at radius 2 is 0.320 bits per heavy atom. The minimum absolute atomic E-state index is 0. The number of rotatable bonds is 0. The van der Waals surface area contributed by atoms with Gasteiger partial charge in [0.25, 0.3) is 0 Å². The van der Waals surface area contributed by atoms with Crippen molar-refractivity contribution in [2.24, 2.45) is 0 Å². The molecule has 0 heterocycles. The molecule has 0 saturated carbocycles. The zero-order valence-corrected chi connectivity index (χ0v) is 39.4. The molecule has 0 atom stereocenters. The molecular formula is H3Cs4N18NiO2-. The van der Waals surface area contributed by atoms with Crippen LogP contribution in [0.15, 0.2) is 0 Å². The van der Waals surface area contributed by atoms with Crippen molar-refractivity contribution in [2.75, 3.05) is 0 Å². The van der Waals surface area contributed by atoms with Crippen molar-refractivity contribution in [2.45, 2.75) is 0 Å². The van der Waals surface area contributed by atoms with Crippen LogP contribution in [0.1, 0.15) is 0 Å². The van der Waals surface area contributed by atoms with Crippen molar-refractivity contribution in [3.8, 4) is 0 Å². The van der Waals surface area contributed by atoms with Crippen LogP contribution >= 0.6 is 0 Å². The summed E-state index contributed by atoms with van der Waals surface area (Å²) in [7, 11) is 0. The van der Waals surface area contributed by atoms with Crippen LogP contribution in [0, 0.1) is 0 Å². The van der Waals surface area contributed by atoms with E-state index in [-0.39, 0.29) is 303 Å². The second kappa shape index (κ2) is 196. The zero-order valence-electron chi connectivity index (χ0n) is 13.3. The normalized spacial score (nSPS) is 1.92. The third-order valence-corrected chi connectivity index (χ3v) is 0. The van der Waals surface area contributed by atoms with Gasteiger partial charge in [0.2, 0.25) is 0 Å². The van der Waals surface area contributed by atoms with Crippen LogP contribution in [0.5, 0.6) is 0 Å². The molecule has 0 bridgehead atoms. The van der Waals surface area contributed by atoms with Crippen molar-refractivity contribution in [1.29, 1.82) is 0 Å². The molecule has 0 fully saturated rings. The summed E-state index contributed by atoms with van der Waals surface area (Å²) in [5, 5.41) is 0. The van der Waals surface area contributed by atoms with Crippen molar-refractivity contribution >= 4 is 0 Å². The average molecular weight is 877 g/mol. The summed E-state index contributed by atoms with van der Waals surface area (Å²) in [6, 6.07) is 0. The van der Waals surface area contributed by atoms with Crippen molar-refractivity contribution in [3.63, 3.8) is 0 Å². The SMILES string of the molecule is O.[Cs+].[Cs+].[Cs+].[Cs+].[N-]=[N+]=[N-].[N-]=[N+]=[N-].[N-]=[N+]=[N-].[N-]=[N+]=[N-].[N-]=[N+]=[N-].[N-]=[N+]=[N-].[Ni+2].[OH-]. The van der Waals surface area contributed by atoms with E-state index in [4.69, 9.17) is 66.4 Å². The minimum atomic E-state index is 0. The van der Waals surface area contributed by atoms with Crippen LogP contribution in [-0.2, 0) is 16.5 Å². The minimum Gasteiger partial charge on any atom is -0.870 e. The van der Waals surface area contributed by atoms with Gasteiger partial charge < -0.3 is 77.3 Å². The number of hydrogen-bond acceptors (Lipinski definition) is 1. The smallest absolute Gasteiger partial charge is 0.870 e. The predicted molar refractivity (Wildman–Crippen MR) is 66.0 cm³/mol. The summed E-state index contributed by atoms with van der Waals surface area (Å²) in [5.41, 5.74) is 81.0. The molecule has 0 amide bonds. The molecule has 0 aliphatic carbocycles. The van der Waals surface area contributed by atoms with Gasteiger partial charge in [-0.3, -0.25) is 29.5 Å². The van der Waals surface area contributed by atoms with Gasteiger partial charge in [0.15, 0.2) is 0 Å². The Kier molecular flexibility index (Phi) is 690. The van der Waals surface area contributed by atoms with Crippen LogP contribution in [0.25, 0.3) is 95.8 Å². The maximum absolute atomic E-state index is 6.75. The van der Waals surface area contributed by atoms with E-state index in [1.807, 2.05) is 0 Å². The second-order valence-corrected chi connectivity index (χ2v) is 0.537. The van der Waals surface area contributed by atoms with E-state index in [9.17, 15) is 0 Å². The van der Waals surface area contributed by atoms with Crippen LogP contribution in [0.3, 0.4) is 0 Å². The Morgan fingerprint density at radius 1 is 0.320 bits per heavy atom. The molecule has 3 N–H and O–H groups in total. The van der Waals surface area contributed by atoms with Gasteiger partial charge in [0, 0.05) is 0 Å². The van der Waals surface area contributed by atoms with Crippen LogP contribution < -0.4 is 276 Å². The Hall–Kier alpha value is 4.48.